The third-order valence-corrected chi connectivity index (χ3v) is 2.74. The normalized spacial score (nSPS) is 10.2. The zero-order valence-electron chi connectivity index (χ0n) is 11.4. The van der Waals surface area contributed by atoms with Crippen molar-refractivity contribution < 1.29 is 9.59 Å². The van der Waals surface area contributed by atoms with Gasteiger partial charge < -0.3 is 16.0 Å². The molecule has 0 bridgehead atoms. The van der Waals surface area contributed by atoms with E-state index in [1.807, 2.05) is 13.8 Å². The van der Waals surface area contributed by atoms with Crippen LogP contribution in [0.4, 0.5) is 5.69 Å². The number of anilines is 1. The van der Waals surface area contributed by atoms with E-state index >= 15 is 0 Å². The Morgan fingerprint density at radius 1 is 1.42 bits per heavy atom. The minimum absolute atomic E-state index is 0.0497. The van der Waals surface area contributed by atoms with Crippen molar-refractivity contribution in [1.29, 1.82) is 0 Å². The van der Waals surface area contributed by atoms with Gasteiger partial charge in [0.25, 0.3) is 0 Å². The van der Waals surface area contributed by atoms with E-state index in [1.54, 1.807) is 11.1 Å². The van der Waals surface area contributed by atoms with E-state index < -0.39 is 0 Å². The highest BCUT2D eigenvalue weighted by Crippen LogP contribution is 1.97. The summed E-state index contributed by atoms with van der Waals surface area (Å²) in [5, 5.41) is 6.60. The molecule has 19 heavy (non-hydrogen) atoms. The highest BCUT2D eigenvalue weighted by molar-refractivity contribution is 5.78. The van der Waals surface area contributed by atoms with Gasteiger partial charge in [-0.1, -0.05) is 0 Å². The number of rotatable bonds is 7. The molecule has 1 heterocycles. The van der Waals surface area contributed by atoms with Crippen molar-refractivity contribution in [3.63, 3.8) is 0 Å². The molecule has 0 aliphatic rings. The summed E-state index contributed by atoms with van der Waals surface area (Å²) in [7, 11) is 0. The van der Waals surface area contributed by atoms with Crippen LogP contribution in [0.25, 0.3) is 0 Å². The Morgan fingerprint density at radius 2 is 2.11 bits per heavy atom. The molecule has 0 radical (unpaired) electrons. The van der Waals surface area contributed by atoms with Gasteiger partial charge in [0.15, 0.2) is 0 Å². The summed E-state index contributed by atoms with van der Waals surface area (Å²) in [5.41, 5.74) is 6.01. The molecular weight excluding hydrogens is 246 g/mol. The van der Waals surface area contributed by atoms with E-state index in [1.165, 1.54) is 10.9 Å². The second-order valence-electron chi connectivity index (χ2n) is 4.14. The maximum atomic E-state index is 11.7. The standard InChI is InChI=1S/C12H21N5O2/c1-3-16(4-2)12(19)5-6-14-11(18)9-17-8-10(13)7-15-17/h7-8H,3-6,9,13H2,1-2H3,(H,14,18). The van der Waals surface area contributed by atoms with Gasteiger partial charge in [-0.3, -0.25) is 14.3 Å². The number of amides is 2. The Bertz CT molecular complexity index is 426. The van der Waals surface area contributed by atoms with Crippen LogP contribution in [-0.2, 0) is 16.1 Å². The molecule has 0 unspecified atom stereocenters. The zero-order valence-corrected chi connectivity index (χ0v) is 11.4. The van der Waals surface area contributed by atoms with Crippen molar-refractivity contribution >= 4 is 17.5 Å². The van der Waals surface area contributed by atoms with Crippen LogP contribution in [0.1, 0.15) is 20.3 Å². The molecule has 1 rings (SSSR count). The predicted molar refractivity (Wildman–Crippen MR) is 72.2 cm³/mol. The molecule has 0 atom stereocenters. The van der Waals surface area contributed by atoms with E-state index in [0.29, 0.717) is 31.7 Å². The van der Waals surface area contributed by atoms with Gasteiger partial charge in [0.2, 0.25) is 11.8 Å². The number of nitrogens with two attached hydrogens (primary N) is 1. The minimum atomic E-state index is -0.185. The van der Waals surface area contributed by atoms with Gasteiger partial charge in [-0.15, -0.1) is 0 Å². The summed E-state index contributed by atoms with van der Waals surface area (Å²) in [5.74, 6) is -0.135. The first-order valence-corrected chi connectivity index (χ1v) is 6.39. The molecule has 3 N–H and O–H groups in total. The lowest BCUT2D eigenvalue weighted by Crippen LogP contribution is -2.35. The topological polar surface area (TPSA) is 93.2 Å². The lowest BCUT2D eigenvalue weighted by molar-refractivity contribution is -0.130. The zero-order chi connectivity index (χ0) is 14.3. The monoisotopic (exact) mass is 267 g/mol. The van der Waals surface area contributed by atoms with Crippen LogP contribution in [0, 0.1) is 0 Å². The van der Waals surface area contributed by atoms with Crippen LogP contribution in [-0.4, -0.2) is 46.1 Å². The maximum Gasteiger partial charge on any atom is 0.241 e. The Hall–Kier alpha value is -2.05. The second kappa shape index (κ2) is 7.40. The molecule has 1 aromatic rings. The van der Waals surface area contributed by atoms with Crippen molar-refractivity contribution in [2.24, 2.45) is 0 Å². The van der Waals surface area contributed by atoms with Crippen LogP contribution >= 0.6 is 0 Å². The molecule has 0 spiro atoms. The summed E-state index contributed by atoms with van der Waals surface area (Å²) in [6.07, 6.45) is 3.38. The summed E-state index contributed by atoms with van der Waals surface area (Å²) in [6, 6.07) is 0. The molecule has 106 valence electrons. The molecule has 0 fully saturated rings. The Labute approximate surface area is 112 Å². The van der Waals surface area contributed by atoms with Gasteiger partial charge >= 0.3 is 0 Å². The summed E-state index contributed by atoms with van der Waals surface area (Å²) in [6.45, 7) is 5.69. The highest BCUT2D eigenvalue weighted by Gasteiger charge is 2.10. The number of nitrogens with zero attached hydrogens (tertiary/aromatic N) is 3. The van der Waals surface area contributed by atoms with E-state index in [4.69, 9.17) is 5.73 Å². The predicted octanol–water partition coefficient (Wildman–Crippen LogP) is -0.160. The number of hydrogen-bond donors (Lipinski definition) is 2. The van der Waals surface area contributed by atoms with Crippen molar-refractivity contribution in [3.05, 3.63) is 12.4 Å². The van der Waals surface area contributed by atoms with Gasteiger partial charge in [-0.25, -0.2) is 0 Å². The summed E-state index contributed by atoms with van der Waals surface area (Å²) >= 11 is 0. The minimum Gasteiger partial charge on any atom is -0.396 e. The fraction of sp³-hybridized carbons (Fsp3) is 0.583. The van der Waals surface area contributed by atoms with E-state index in [-0.39, 0.29) is 18.4 Å². The van der Waals surface area contributed by atoms with Crippen molar-refractivity contribution in [3.8, 4) is 0 Å². The van der Waals surface area contributed by atoms with E-state index in [0.717, 1.165) is 0 Å². The summed E-state index contributed by atoms with van der Waals surface area (Å²) in [4.78, 5) is 25.0. The molecule has 2 amide bonds. The molecule has 0 aliphatic carbocycles. The van der Waals surface area contributed by atoms with Crippen LogP contribution < -0.4 is 11.1 Å². The van der Waals surface area contributed by atoms with Crippen LogP contribution in [0.3, 0.4) is 0 Å². The van der Waals surface area contributed by atoms with E-state index in [2.05, 4.69) is 10.4 Å². The van der Waals surface area contributed by atoms with Crippen LogP contribution in [0.5, 0.6) is 0 Å². The van der Waals surface area contributed by atoms with Gasteiger partial charge in [-0.05, 0) is 13.8 Å². The number of nitrogen functional groups attached to an aromatic ring is 1. The third-order valence-electron chi connectivity index (χ3n) is 2.74. The smallest absolute Gasteiger partial charge is 0.241 e. The van der Waals surface area contributed by atoms with Gasteiger partial charge in [-0.2, -0.15) is 5.10 Å². The highest BCUT2D eigenvalue weighted by atomic mass is 16.2. The fourth-order valence-electron chi connectivity index (χ4n) is 1.71. The molecule has 0 aromatic carbocycles. The lowest BCUT2D eigenvalue weighted by Gasteiger charge is -2.18. The van der Waals surface area contributed by atoms with Crippen molar-refractivity contribution in [2.75, 3.05) is 25.4 Å². The molecular formula is C12H21N5O2. The second-order valence-corrected chi connectivity index (χ2v) is 4.14. The van der Waals surface area contributed by atoms with Gasteiger partial charge in [0.05, 0.1) is 11.9 Å². The number of aromatic nitrogens is 2. The largest absolute Gasteiger partial charge is 0.396 e. The molecule has 0 saturated heterocycles. The quantitative estimate of drug-likeness (QED) is 0.718. The SMILES string of the molecule is CCN(CC)C(=O)CCNC(=O)Cn1cc(N)cn1. The number of carbonyl (C=O) groups is 2. The Morgan fingerprint density at radius 3 is 2.63 bits per heavy atom. The first kappa shape index (κ1) is 15.0. The van der Waals surface area contributed by atoms with Gasteiger partial charge in [0, 0.05) is 32.3 Å². The van der Waals surface area contributed by atoms with E-state index in [9.17, 15) is 9.59 Å². The van der Waals surface area contributed by atoms with Crippen molar-refractivity contribution in [2.45, 2.75) is 26.8 Å². The van der Waals surface area contributed by atoms with Crippen LogP contribution in [0.2, 0.25) is 0 Å². The maximum absolute atomic E-state index is 11.7. The lowest BCUT2D eigenvalue weighted by atomic mass is 10.3. The average molecular weight is 267 g/mol. The van der Waals surface area contributed by atoms with Crippen molar-refractivity contribution in [1.82, 2.24) is 20.0 Å². The first-order chi connectivity index (χ1) is 9.06. The Kier molecular flexibility index (Phi) is 5.84. The number of nitrogens with one attached hydrogen (secondary N) is 1. The molecule has 7 nitrogen and oxygen atoms in total. The Balaban J connectivity index is 2.25. The molecule has 0 saturated carbocycles. The number of carbonyl (C=O) groups excluding carboxylic acids is 2. The molecule has 0 aliphatic heterocycles. The fourth-order valence-corrected chi connectivity index (χ4v) is 1.71. The van der Waals surface area contributed by atoms with Crippen LogP contribution in [0.15, 0.2) is 12.4 Å². The molecule has 1 aromatic heterocycles. The summed E-state index contributed by atoms with van der Waals surface area (Å²) < 4.78 is 1.46. The molecule has 7 heteroatoms. The third kappa shape index (κ3) is 4.99. The first-order valence-electron chi connectivity index (χ1n) is 6.39. The number of hydrogen-bond acceptors (Lipinski definition) is 4. The van der Waals surface area contributed by atoms with Gasteiger partial charge in [0.1, 0.15) is 6.54 Å². The average Bonchev–Trinajstić information content (AvgIpc) is 2.76.